The molecule has 9 heteroatoms. The van der Waals surface area contributed by atoms with Crippen molar-refractivity contribution >= 4 is 16.0 Å². The van der Waals surface area contributed by atoms with E-state index in [1.54, 1.807) is 30.5 Å². The average Bonchev–Trinajstić information content (AvgIpc) is 3.24. The summed E-state index contributed by atoms with van der Waals surface area (Å²) in [5.41, 5.74) is 1.74. The number of rotatable bonds is 8. The van der Waals surface area contributed by atoms with Crippen LogP contribution in [0, 0.1) is 5.82 Å². The molecule has 1 heterocycles. The van der Waals surface area contributed by atoms with Crippen LogP contribution in [0.2, 0.25) is 0 Å². The number of nitrogens with zero attached hydrogens (tertiary/aromatic N) is 1. The lowest BCUT2D eigenvalue weighted by Crippen LogP contribution is -2.38. The fourth-order valence-corrected chi connectivity index (χ4v) is 3.19. The van der Waals surface area contributed by atoms with Gasteiger partial charge in [-0.1, -0.05) is 24.3 Å². The van der Waals surface area contributed by atoms with E-state index in [1.807, 2.05) is 12.1 Å². The number of guanidine groups is 1. The second-order valence-electron chi connectivity index (χ2n) is 6.59. The molecule has 1 aromatic heterocycles. The van der Waals surface area contributed by atoms with Gasteiger partial charge in [0.2, 0.25) is 10.0 Å². The number of aliphatic imine (C=N–C) groups is 1. The first kappa shape index (κ1) is 21.5. The molecular weight excluding hydrogens is 407 g/mol. The van der Waals surface area contributed by atoms with Crippen LogP contribution >= 0.6 is 0 Å². The minimum Gasteiger partial charge on any atom is -0.469 e. The minimum atomic E-state index is -3.72. The molecule has 0 atom stereocenters. The highest BCUT2D eigenvalue weighted by Crippen LogP contribution is 2.09. The summed E-state index contributed by atoms with van der Waals surface area (Å²) in [4.78, 5) is 4.60. The molecule has 0 amide bonds. The standard InChI is InChI=1S/C21H23FN4O3S/c22-18-7-3-16(4-8-18)14-25-21(24-12-11-19-2-1-13-29-19)26-15-17-5-9-20(10-6-17)30(23,27)28/h1-10,13H,11-12,14-15H2,(H2,23,27,28)(H2,24,25,26). The molecular formula is C21H23FN4O3S. The lowest BCUT2D eigenvalue weighted by atomic mass is 10.2. The molecule has 0 aliphatic heterocycles. The van der Waals surface area contributed by atoms with Crippen molar-refractivity contribution in [3.05, 3.63) is 89.6 Å². The molecule has 0 unspecified atom stereocenters. The van der Waals surface area contributed by atoms with Gasteiger partial charge in [0.05, 0.1) is 17.7 Å². The Bertz CT molecular complexity index is 1060. The summed E-state index contributed by atoms with van der Waals surface area (Å²) in [7, 11) is -3.72. The molecule has 30 heavy (non-hydrogen) atoms. The second-order valence-corrected chi connectivity index (χ2v) is 8.15. The maximum Gasteiger partial charge on any atom is 0.238 e. The average molecular weight is 431 g/mol. The number of nitrogens with one attached hydrogen (secondary N) is 2. The van der Waals surface area contributed by atoms with Crippen molar-refractivity contribution in [2.45, 2.75) is 24.4 Å². The first-order valence-corrected chi connectivity index (χ1v) is 10.9. The molecule has 158 valence electrons. The second kappa shape index (κ2) is 10.0. The number of hydrogen-bond donors (Lipinski definition) is 3. The number of benzene rings is 2. The minimum absolute atomic E-state index is 0.0569. The van der Waals surface area contributed by atoms with Crippen LogP contribution in [0.15, 0.2) is 81.2 Å². The predicted octanol–water partition coefficient (Wildman–Crippen LogP) is 2.54. The van der Waals surface area contributed by atoms with E-state index in [2.05, 4.69) is 15.6 Å². The Labute approximate surface area is 174 Å². The molecule has 0 saturated carbocycles. The Kier molecular flexibility index (Phi) is 7.21. The van der Waals surface area contributed by atoms with Crippen molar-refractivity contribution in [1.29, 1.82) is 0 Å². The van der Waals surface area contributed by atoms with E-state index in [4.69, 9.17) is 9.56 Å². The van der Waals surface area contributed by atoms with Crippen LogP contribution in [0.4, 0.5) is 4.39 Å². The molecule has 0 radical (unpaired) electrons. The van der Waals surface area contributed by atoms with Gasteiger partial charge < -0.3 is 15.1 Å². The maximum absolute atomic E-state index is 13.1. The van der Waals surface area contributed by atoms with E-state index in [0.29, 0.717) is 32.0 Å². The molecule has 0 aliphatic carbocycles. The summed E-state index contributed by atoms with van der Waals surface area (Å²) in [5.74, 6) is 1.15. The molecule has 7 nitrogen and oxygen atoms in total. The van der Waals surface area contributed by atoms with Gasteiger partial charge in [-0.25, -0.2) is 22.9 Å². The molecule has 0 fully saturated rings. The number of primary sulfonamides is 1. The maximum atomic E-state index is 13.1. The van der Waals surface area contributed by atoms with Crippen molar-refractivity contribution < 1.29 is 17.2 Å². The molecule has 0 aliphatic rings. The molecule has 3 aromatic rings. The van der Waals surface area contributed by atoms with Crippen molar-refractivity contribution in [3.63, 3.8) is 0 Å². The molecule has 2 aromatic carbocycles. The van der Waals surface area contributed by atoms with Crippen molar-refractivity contribution in [2.75, 3.05) is 6.54 Å². The van der Waals surface area contributed by atoms with Crippen LogP contribution in [0.5, 0.6) is 0 Å². The smallest absolute Gasteiger partial charge is 0.238 e. The van der Waals surface area contributed by atoms with Crippen molar-refractivity contribution in [2.24, 2.45) is 10.1 Å². The van der Waals surface area contributed by atoms with Gasteiger partial charge in [-0.2, -0.15) is 0 Å². The highest BCUT2D eigenvalue weighted by molar-refractivity contribution is 7.89. The third-order valence-electron chi connectivity index (χ3n) is 4.29. The summed E-state index contributed by atoms with van der Waals surface area (Å²) in [6, 6.07) is 16.2. The largest absolute Gasteiger partial charge is 0.469 e. The summed E-state index contributed by atoms with van der Waals surface area (Å²) in [6.07, 6.45) is 2.32. The van der Waals surface area contributed by atoms with Crippen LogP contribution in [-0.2, 0) is 29.5 Å². The molecule has 0 spiro atoms. The summed E-state index contributed by atoms with van der Waals surface area (Å²) < 4.78 is 41.1. The third-order valence-corrected chi connectivity index (χ3v) is 5.22. The number of halogens is 1. The normalized spacial score (nSPS) is 12.0. The fraction of sp³-hybridized carbons (Fsp3) is 0.190. The lowest BCUT2D eigenvalue weighted by Gasteiger charge is -2.13. The van der Waals surface area contributed by atoms with Crippen LogP contribution in [0.25, 0.3) is 0 Å². The Morgan fingerprint density at radius 2 is 1.70 bits per heavy atom. The molecule has 0 saturated heterocycles. The number of hydrogen-bond acceptors (Lipinski definition) is 4. The van der Waals surface area contributed by atoms with E-state index in [9.17, 15) is 12.8 Å². The quantitative estimate of drug-likeness (QED) is 0.376. The zero-order valence-electron chi connectivity index (χ0n) is 16.2. The van der Waals surface area contributed by atoms with Gasteiger partial charge in [-0.3, -0.25) is 0 Å². The van der Waals surface area contributed by atoms with Gasteiger partial charge in [-0.05, 0) is 47.5 Å². The van der Waals surface area contributed by atoms with Crippen molar-refractivity contribution in [3.8, 4) is 0 Å². The van der Waals surface area contributed by atoms with Crippen LogP contribution in [-0.4, -0.2) is 20.9 Å². The van der Waals surface area contributed by atoms with E-state index in [-0.39, 0.29) is 10.7 Å². The molecule has 0 bridgehead atoms. The zero-order chi connectivity index (χ0) is 21.4. The van der Waals surface area contributed by atoms with E-state index in [0.717, 1.165) is 16.9 Å². The highest BCUT2D eigenvalue weighted by atomic mass is 32.2. The SMILES string of the molecule is NS(=O)(=O)c1ccc(CN=C(NCCc2ccco2)NCc2ccc(F)cc2)cc1. The number of nitrogens with two attached hydrogens (primary N) is 1. The van der Waals surface area contributed by atoms with Gasteiger partial charge in [0.1, 0.15) is 11.6 Å². The Balaban J connectivity index is 1.64. The van der Waals surface area contributed by atoms with Gasteiger partial charge in [0.25, 0.3) is 0 Å². The fourth-order valence-electron chi connectivity index (χ4n) is 2.68. The van der Waals surface area contributed by atoms with Crippen molar-refractivity contribution in [1.82, 2.24) is 10.6 Å². The lowest BCUT2D eigenvalue weighted by molar-refractivity contribution is 0.506. The summed E-state index contributed by atoms with van der Waals surface area (Å²) in [5, 5.41) is 11.6. The number of furan rings is 1. The third kappa shape index (κ3) is 6.71. The predicted molar refractivity (Wildman–Crippen MR) is 113 cm³/mol. The first-order valence-electron chi connectivity index (χ1n) is 9.31. The highest BCUT2D eigenvalue weighted by Gasteiger charge is 2.07. The Morgan fingerprint density at radius 1 is 1.00 bits per heavy atom. The van der Waals surface area contributed by atoms with Crippen LogP contribution < -0.4 is 15.8 Å². The first-order chi connectivity index (χ1) is 14.4. The van der Waals surface area contributed by atoms with E-state index >= 15 is 0 Å². The van der Waals surface area contributed by atoms with E-state index in [1.165, 1.54) is 24.3 Å². The van der Waals surface area contributed by atoms with Gasteiger partial charge in [0.15, 0.2) is 5.96 Å². The summed E-state index contributed by atoms with van der Waals surface area (Å²) in [6.45, 7) is 1.41. The van der Waals surface area contributed by atoms with Crippen LogP contribution in [0.1, 0.15) is 16.9 Å². The topological polar surface area (TPSA) is 110 Å². The zero-order valence-corrected chi connectivity index (χ0v) is 17.0. The summed E-state index contributed by atoms with van der Waals surface area (Å²) >= 11 is 0. The van der Waals surface area contributed by atoms with Gasteiger partial charge in [0, 0.05) is 19.5 Å². The molecule has 4 N–H and O–H groups in total. The van der Waals surface area contributed by atoms with Gasteiger partial charge in [-0.15, -0.1) is 0 Å². The Hall–Kier alpha value is -3.17. The molecule has 3 rings (SSSR count). The Morgan fingerprint density at radius 3 is 2.33 bits per heavy atom. The number of sulfonamides is 1. The monoisotopic (exact) mass is 430 g/mol. The van der Waals surface area contributed by atoms with Gasteiger partial charge >= 0.3 is 0 Å². The van der Waals surface area contributed by atoms with E-state index < -0.39 is 10.0 Å². The van der Waals surface area contributed by atoms with Crippen LogP contribution in [0.3, 0.4) is 0 Å².